The van der Waals surface area contributed by atoms with Crippen LogP contribution in [-0.4, -0.2) is 11.9 Å². The fraction of sp³-hybridized carbons (Fsp3) is 0. The van der Waals surface area contributed by atoms with Gasteiger partial charge in [0, 0.05) is 14.9 Å². The lowest BCUT2D eigenvalue weighted by atomic mass is 10.2. The Morgan fingerprint density at radius 1 is 1.20 bits per heavy atom. The van der Waals surface area contributed by atoms with Crippen molar-refractivity contribution < 1.29 is 9.53 Å². The van der Waals surface area contributed by atoms with Gasteiger partial charge in [0.1, 0.15) is 0 Å². The Hall–Kier alpha value is -1.24. The lowest BCUT2D eigenvalue weighted by Gasteiger charge is -1.99. The fourth-order valence-corrected chi connectivity index (χ4v) is 3.45. The fourth-order valence-electron chi connectivity index (χ4n) is 1.69. The molecule has 1 aromatic carbocycles. The second-order valence-corrected chi connectivity index (χ2v) is 7.40. The molecule has 0 atom stereocenters. The van der Waals surface area contributed by atoms with Crippen LogP contribution in [0.5, 0.6) is 0 Å². The molecule has 1 aromatic heterocycles. The Balaban J connectivity index is 1.94. The number of thiophene rings is 1. The molecule has 1 aliphatic heterocycles. The third-order valence-electron chi connectivity index (χ3n) is 2.57. The summed E-state index contributed by atoms with van der Waals surface area (Å²) in [6.07, 6.45) is 1.72. The highest BCUT2D eigenvalue weighted by atomic mass is 79.9. The zero-order valence-electron chi connectivity index (χ0n) is 9.97. The molecule has 0 unspecified atom stereocenters. The Morgan fingerprint density at radius 3 is 2.75 bits per heavy atom. The molecular weight excluding hydrogens is 406 g/mol. The summed E-state index contributed by atoms with van der Waals surface area (Å²) in [5.41, 5.74) is 1.08. The number of carbonyl (C=O) groups is 1. The van der Waals surface area contributed by atoms with Crippen molar-refractivity contribution in [3.8, 4) is 0 Å². The molecule has 2 heterocycles. The third kappa shape index (κ3) is 2.92. The maximum Gasteiger partial charge on any atom is 0.363 e. The molecule has 0 saturated heterocycles. The second-order valence-electron chi connectivity index (χ2n) is 3.99. The van der Waals surface area contributed by atoms with Crippen LogP contribution in [0.15, 0.2) is 55.3 Å². The van der Waals surface area contributed by atoms with Crippen molar-refractivity contribution in [1.82, 2.24) is 0 Å². The van der Waals surface area contributed by atoms with Crippen molar-refractivity contribution >= 4 is 61.1 Å². The molecule has 0 amide bonds. The molecule has 6 heteroatoms. The molecule has 0 aliphatic carbocycles. The van der Waals surface area contributed by atoms with Gasteiger partial charge >= 0.3 is 5.97 Å². The van der Waals surface area contributed by atoms with E-state index in [1.54, 1.807) is 6.08 Å². The van der Waals surface area contributed by atoms with Crippen molar-refractivity contribution in [3.63, 3.8) is 0 Å². The van der Waals surface area contributed by atoms with Crippen LogP contribution in [0.4, 0.5) is 0 Å². The van der Waals surface area contributed by atoms with E-state index in [1.807, 2.05) is 36.4 Å². The summed E-state index contributed by atoms with van der Waals surface area (Å²) < 4.78 is 7.13. The molecule has 0 spiro atoms. The van der Waals surface area contributed by atoms with Gasteiger partial charge in [-0.2, -0.15) is 0 Å². The number of rotatable bonds is 2. The average Bonchev–Trinajstić information content (AvgIpc) is 2.97. The molecular formula is C14H7Br2NO2S. The summed E-state index contributed by atoms with van der Waals surface area (Å²) in [6.45, 7) is 0. The Bertz CT molecular complexity index is 749. The van der Waals surface area contributed by atoms with E-state index in [1.165, 1.54) is 11.3 Å². The minimum atomic E-state index is -0.426. The van der Waals surface area contributed by atoms with Crippen LogP contribution in [0.1, 0.15) is 10.4 Å². The van der Waals surface area contributed by atoms with Crippen molar-refractivity contribution in [3.05, 3.63) is 60.8 Å². The predicted octanol–water partition coefficient (Wildman–Crippen LogP) is 4.62. The first-order chi connectivity index (χ1) is 9.61. The number of halogens is 2. The zero-order valence-corrected chi connectivity index (χ0v) is 14.0. The molecule has 0 saturated carbocycles. The molecule has 20 heavy (non-hydrogen) atoms. The van der Waals surface area contributed by atoms with Gasteiger partial charge in [0.15, 0.2) is 5.70 Å². The minimum Gasteiger partial charge on any atom is -0.402 e. The highest BCUT2D eigenvalue weighted by molar-refractivity contribution is 9.11. The van der Waals surface area contributed by atoms with E-state index in [4.69, 9.17) is 4.74 Å². The molecule has 3 rings (SSSR count). The highest BCUT2D eigenvalue weighted by Gasteiger charge is 2.24. The lowest BCUT2D eigenvalue weighted by molar-refractivity contribution is -0.129. The first-order valence-electron chi connectivity index (χ1n) is 5.66. The SMILES string of the molecule is O=C1OC(c2cccc(Br)c2)=N/C1=C\c1ccc(Br)s1. The highest BCUT2D eigenvalue weighted by Crippen LogP contribution is 2.26. The van der Waals surface area contributed by atoms with E-state index in [0.717, 1.165) is 18.7 Å². The van der Waals surface area contributed by atoms with Crippen LogP contribution in [0.2, 0.25) is 0 Å². The van der Waals surface area contributed by atoms with Gasteiger partial charge in [0.05, 0.1) is 3.79 Å². The van der Waals surface area contributed by atoms with Crippen molar-refractivity contribution in [2.45, 2.75) is 0 Å². The number of nitrogens with zero attached hydrogens (tertiary/aromatic N) is 1. The Kier molecular flexibility index (Phi) is 3.87. The maximum absolute atomic E-state index is 11.8. The number of hydrogen-bond donors (Lipinski definition) is 0. The number of hydrogen-bond acceptors (Lipinski definition) is 4. The largest absolute Gasteiger partial charge is 0.402 e. The van der Waals surface area contributed by atoms with Gasteiger partial charge < -0.3 is 4.74 Å². The molecule has 100 valence electrons. The third-order valence-corrected chi connectivity index (χ3v) is 4.63. The van der Waals surface area contributed by atoms with Gasteiger partial charge in [-0.05, 0) is 52.3 Å². The van der Waals surface area contributed by atoms with Gasteiger partial charge in [-0.25, -0.2) is 9.79 Å². The van der Waals surface area contributed by atoms with Gasteiger partial charge in [-0.15, -0.1) is 11.3 Å². The molecule has 0 N–H and O–H groups in total. The summed E-state index contributed by atoms with van der Waals surface area (Å²) in [6, 6.07) is 11.3. The monoisotopic (exact) mass is 411 g/mol. The van der Waals surface area contributed by atoms with E-state index in [2.05, 4.69) is 36.9 Å². The van der Waals surface area contributed by atoms with Crippen LogP contribution in [-0.2, 0) is 9.53 Å². The quantitative estimate of drug-likeness (QED) is 0.533. The van der Waals surface area contributed by atoms with Crippen LogP contribution in [0.3, 0.4) is 0 Å². The number of aliphatic imine (C=N–C) groups is 1. The molecule has 0 radical (unpaired) electrons. The van der Waals surface area contributed by atoms with Crippen molar-refractivity contribution in [2.75, 3.05) is 0 Å². The Morgan fingerprint density at radius 2 is 2.05 bits per heavy atom. The van der Waals surface area contributed by atoms with Gasteiger partial charge in [0.25, 0.3) is 0 Å². The number of cyclic esters (lactones) is 1. The standard InChI is InChI=1S/C14H7Br2NO2S/c15-9-3-1-2-8(6-9)13-17-11(14(18)19-13)7-10-4-5-12(16)20-10/h1-7H/b11-7-. The van der Waals surface area contributed by atoms with Gasteiger partial charge in [-0.3, -0.25) is 0 Å². The van der Waals surface area contributed by atoms with E-state index >= 15 is 0 Å². The summed E-state index contributed by atoms with van der Waals surface area (Å²) in [5, 5.41) is 0. The normalized spacial score (nSPS) is 16.4. The average molecular weight is 413 g/mol. The number of esters is 1. The van der Waals surface area contributed by atoms with Crippen LogP contribution >= 0.6 is 43.2 Å². The van der Waals surface area contributed by atoms with E-state index < -0.39 is 5.97 Å². The molecule has 3 nitrogen and oxygen atoms in total. The van der Waals surface area contributed by atoms with E-state index in [9.17, 15) is 4.79 Å². The summed E-state index contributed by atoms with van der Waals surface area (Å²) in [7, 11) is 0. The number of carbonyl (C=O) groups excluding carboxylic acids is 1. The first-order valence-corrected chi connectivity index (χ1v) is 8.06. The van der Waals surface area contributed by atoms with Crippen molar-refractivity contribution in [2.24, 2.45) is 4.99 Å². The lowest BCUT2D eigenvalue weighted by Crippen LogP contribution is -2.05. The maximum atomic E-state index is 11.8. The number of benzene rings is 1. The summed E-state index contributed by atoms with van der Waals surface area (Å²) >= 11 is 8.30. The van der Waals surface area contributed by atoms with E-state index in [0.29, 0.717) is 11.6 Å². The predicted molar refractivity (Wildman–Crippen MR) is 86.8 cm³/mol. The smallest absolute Gasteiger partial charge is 0.363 e. The van der Waals surface area contributed by atoms with Crippen molar-refractivity contribution in [1.29, 1.82) is 0 Å². The molecule has 2 aromatic rings. The molecule has 0 bridgehead atoms. The minimum absolute atomic E-state index is 0.314. The van der Waals surface area contributed by atoms with Crippen LogP contribution in [0, 0.1) is 0 Å². The molecule has 0 fully saturated rings. The van der Waals surface area contributed by atoms with Crippen LogP contribution < -0.4 is 0 Å². The van der Waals surface area contributed by atoms with Gasteiger partial charge in [0.2, 0.25) is 5.90 Å². The summed E-state index contributed by atoms with van der Waals surface area (Å²) in [4.78, 5) is 17.0. The number of ether oxygens (including phenoxy) is 1. The first kappa shape index (κ1) is 13.7. The van der Waals surface area contributed by atoms with Crippen LogP contribution in [0.25, 0.3) is 6.08 Å². The zero-order chi connectivity index (χ0) is 14.1. The second kappa shape index (κ2) is 5.63. The Labute approximate surface area is 136 Å². The molecule has 1 aliphatic rings. The van der Waals surface area contributed by atoms with E-state index in [-0.39, 0.29) is 0 Å². The van der Waals surface area contributed by atoms with Gasteiger partial charge in [-0.1, -0.05) is 22.0 Å². The summed E-state index contributed by atoms with van der Waals surface area (Å²) in [5.74, 6) is -0.0948. The topological polar surface area (TPSA) is 38.7 Å².